The molecule has 2 rings (SSSR count). The van der Waals surface area contributed by atoms with E-state index in [1.165, 1.54) is 0 Å². The van der Waals surface area contributed by atoms with Crippen molar-refractivity contribution in [3.63, 3.8) is 0 Å². The van der Waals surface area contributed by atoms with Gasteiger partial charge in [0.2, 0.25) is 0 Å². The maximum Gasteiger partial charge on any atom is 0.307 e. The number of hydrogen-bond donors (Lipinski definition) is 3. The van der Waals surface area contributed by atoms with Crippen LogP contribution in [0.25, 0.3) is 0 Å². The molecule has 1 aliphatic rings. The lowest BCUT2D eigenvalue weighted by molar-refractivity contribution is -0.155. The fourth-order valence-corrected chi connectivity index (χ4v) is 2.57. The molecule has 4 heteroatoms. The summed E-state index contributed by atoms with van der Waals surface area (Å²) in [5.41, 5.74) is 0.901. The van der Waals surface area contributed by atoms with Crippen molar-refractivity contribution in [3.05, 3.63) is 48.0 Å². The highest BCUT2D eigenvalue weighted by Crippen LogP contribution is 2.39. The Morgan fingerprint density at radius 2 is 1.89 bits per heavy atom. The van der Waals surface area contributed by atoms with E-state index in [0.29, 0.717) is 6.42 Å². The number of hydrogen-bond acceptors (Lipinski definition) is 3. The van der Waals surface area contributed by atoms with Crippen molar-refractivity contribution in [2.45, 2.75) is 18.6 Å². The molecule has 0 amide bonds. The summed E-state index contributed by atoms with van der Waals surface area (Å²) in [4.78, 5) is 11.2. The molecule has 1 aliphatic carbocycles. The molecule has 3 N–H and O–H groups in total. The normalized spacial score (nSPS) is 27.4. The van der Waals surface area contributed by atoms with Crippen LogP contribution in [0.4, 0.5) is 0 Å². The smallest absolute Gasteiger partial charge is 0.307 e. The Hall–Kier alpha value is -1.65. The number of carbonyl (C=O) groups is 1. The summed E-state index contributed by atoms with van der Waals surface area (Å²) in [6, 6.07) is 9.32. The van der Waals surface area contributed by atoms with Gasteiger partial charge in [-0.3, -0.25) is 4.79 Å². The average molecular weight is 248 g/mol. The number of benzene rings is 1. The van der Waals surface area contributed by atoms with Crippen LogP contribution in [0.5, 0.6) is 0 Å². The third-order valence-corrected chi connectivity index (χ3v) is 3.46. The lowest BCUT2D eigenvalue weighted by atomic mass is 9.72. The number of aliphatic hydroxyl groups excluding tert-OH is 1. The van der Waals surface area contributed by atoms with Gasteiger partial charge in [-0.15, -0.1) is 0 Å². The van der Waals surface area contributed by atoms with Crippen LogP contribution in [0, 0.1) is 11.8 Å². The fraction of sp³-hybridized carbons (Fsp3) is 0.357. The van der Waals surface area contributed by atoms with Crippen LogP contribution >= 0.6 is 0 Å². The predicted octanol–water partition coefficient (Wildman–Crippen LogP) is 1.36. The van der Waals surface area contributed by atoms with E-state index >= 15 is 0 Å². The molecule has 0 spiro atoms. The maximum atomic E-state index is 11.2. The van der Waals surface area contributed by atoms with E-state index < -0.39 is 24.1 Å². The Bertz CT molecular complexity index is 438. The van der Waals surface area contributed by atoms with Gasteiger partial charge >= 0.3 is 5.97 Å². The Labute approximate surface area is 105 Å². The number of aliphatic hydroxyl groups is 2. The largest absolute Gasteiger partial charge is 0.481 e. The highest BCUT2D eigenvalue weighted by Gasteiger charge is 2.39. The summed E-state index contributed by atoms with van der Waals surface area (Å²) in [5, 5.41) is 28.1. The van der Waals surface area contributed by atoms with E-state index in [4.69, 9.17) is 5.11 Å². The van der Waals surface area contributed by atoms with Crippen LogP contribution in [-0.2, 0) is 4.79 Å². The maximum absolute atomic E-state index is 11.2. The molecule has 0 saturated heterocycles. The number of carboxylic acids is 1. The zero-order chi connectivity index (χ0) is 13.1. The van der Waals surface area contributed by atoms with Gasteiger partial charge in [0.05, 0.1) is 5.92 Å². The summed E-state index contributed by atoms with van der Waals surface area (Å²) in [6.45, 7) is 0. The first-order chi connectivity index (χ1) is 8.61. The number of aliphatic carboxylic acids is 1. The van der Waals surface area contributed by atoms with Crippen LogP contribution in [0.1, 0.15) is 17.9 Å². The quantitative estimate of drug-likeness (QED) is 0.557. The standard InChI is InChI=1S/C14H16O4/c15-13(16)11-8-4-7-10(12(11)14(17)18)9-5-2-1-3-6-9/h1-7,10-12,14,17-18H,8H2,(H,15,16). The minimum Gasteiger partial charge on any atom is -0.481 e. The molecule has 3 atom stereocenters. The highest BCUT2D eigenvalue weighted by molar-refractivity contribution is 5.71. The van der Waals surface area contributed by atoms with Crippen molar-refractivity contribution in [2.75, 3.05) is 0 Å². The molecule has 0 bridgehead atoms. The molecule has 96 valence electrons. The van der Waals surface area contributed by atoms with Gasteiger partial charge in [0, 0.05) is 11.8 Å². The van der Waals surface area contributed by atoms with Crippen molar-refractivity contribution < 1.29 is 20.1 Å². The third-order valence-electron chi connectivity index (χ3n) is 3.46. The SMILES string of the molecule is O=C(O)C1CC=CC(c2ccccc2)C1C(O)O. The molecular weight excluding hydrogens is 232 g/mol. The van der Waals surface area contributed by atoms with E-state index in [-0.39, 0.29) is 5.92 Å². The molecule has 0 aliphatic heterocycles. The van der Waals surface area contributed by atoms with Crippen LogP contribution in [0.2, 0.25) is 0 Å². The van der Waals surface area contributed by atoms with E-state index in [1.807, 2.05) is 36.4 Å². The summed E-state index contributed by atoms with van der Waals surface area (Å²) in [7, 11) is 0. The second kappa shape index (κ2) is 5.33. The second-order valence-electron chi connectivity index (χ2n) is 4.54. The molecule has 0 aromatic heterocycles. The van der Waals surface area contributed by atoms with Crippen molar-refractivity contribution in [3.8, 4) is 0 Å². The van der Waals surface area contributed by atoms with Gasteiger partial charge < -0.3 is 15.3 Å². The minimum atomic E-state index is -1.64. The summed E-state index contributed by atoms with van der Waals surface area (Å²) in [6.07, 6.45) is 2.36. The van der Waals surface area contributed by atoms with E-state index in [0.717, 1.165) is 5.56 Å². The average Bonchev–Trinajstić information content (AvgIpc) is 2.38. The topological polar surface area (TPSA) is 77.8 Å². The second-order valence-corrected chi connectivity index (χ2v) is 4.54. The monoisotopic (exact) mass is 248 g/mol. The van der Waals surface area contributed by atoms with Crippen molar-refractivity contribution in [1.82, 2.24) is 0 Å². The van der Waals surface area contributed by atoms with Crippen molar-refractivity contribution >= 4 is 5.97 Å². The Balaban J connectivity index is 2.36. The van der Waals surface area contributed by atoms with Crippen LogP contribution < -0.4 is 0 Å². The van der Waals surface area contributed by atoms with Crippen LogP contribution in [0.3, 0.4) is 0 Å². The predicted molar refractivity (Wildman–Crippen MR) is 65.8 cm³/mol. The first-order valence-electron chi connectivity index (χ1n) is 5.92. The summed E-state index contributed by atoms with van der Waals surface area (Å²) in [5.74, 6) is -2.74. The van der Waals surface area contributed by atoms with Gasteiger partial charge in [0.25, 0.3) is 0 Å². The molecule has 1 aromatic rings. The molecule has 4 nitrogen and oxygen atoms in total. The van der Waals surface area contributed by atoms with Gasteiger partial charge in [-0.05, 0) is 12.0 Å². The molecule has 18 heavy (non-hydrogen) atoms. The van der Waals surface area contributed by atoms with Crippen LogP contribution in [0.15, 0.2) is 42.5 Å². The molecule has 0 heterocycles. The minimum absolute atomic E-state index is 0.277. The number of carboxylic acid groups (broad SMARTS) is 1. The van der Waals surface area contributed by atoms with Gasteiger partial charge in [-0.25, -0.2) is 0 Å². The highest BCUT2D eigenvalue weighted by atomic mass is 16.5. The molecule has 0 radical (unpaired) electrons. The Morgan fingerprint density at radius 3 is 2.44 bits per heavy atom. The third kappa shape index (κ3) is 2.44. The van der Waals surface area contributed by atoms with Gasteiger partial charge in [0.15, 0.2) is 6.29 Å². The lowest BCUT2D eigenvalue weighted by Gasteiger charge is -2.34. The zero-order valence-electron chi connectivity index (χ0n) is 9.81. The summed E-state index contributed by atoms with van der Waals surface area (Å²) >= 11 is 0. The Morgan fingerprint density at radius 1 is 1.22 bits per heavy atom. The van der Waals surface area contributed by atoms with E-state index in [9.17, 15) is 15.0 Å². The number of rotatable bonds is 3. The van der Waals surface area contributed by atoms with E-state index in [1.54, 1.807) is 6.08 Å². The van der Waals surface area contributed by atoms with Crippen LogP contribution in [-0.4, -0.2) is 27.6 Å². The van der Waals surface area contributed by atoms with Gasteiger partial charge in [-0.1, -0.05) is 42.5 Å². The first-order valence-corrected chi connectivity index (χ1v) is 5.92. The first kappa shape index (κ1) is 12.8. The number of allylic oxidation sites excluding steroid dienone is 2. The lowest BCUT2D eigenvalue weighted by Crippen LogP contribution is -2.38. The molecule has 0 fully saturated rings. The molecule has 0 saturated carbocycles. The Kier molecular flexibility index (Phi) is 3.79. The zero-order valence-corrected chi connectivity index (χ0v) is 9.81. The van der Waals surface area contributed by atoms with E-state index in [2.05, 4.69) is 0 Å². The molecule has 1 aromatic carbocycles. The van der Waals surface area contributed by atoms with Crippen molar-refractivity contribution in [1.29, 1.82) is 0 Å². The molecular formula is C14H16O4. The van der Waals surface area contributed by atoms with Gasteiger partial charge in [0.1, 0.15) is 0 Å². The fourth-order valence-electron chi connectivity index (χ4n) is 2.57. The van der Waals surface area contributed by atoms with Gasteiger partial charge in [-0.2, -0.15) is 0 Å². The van der Waals surface area contributed by atoms with Crippen molar-refractivity contribution in [2.24, 2.45) is 11.8 Å². The molecule has 3 unspecified atom stereocenters. The summed E-state index contributed by atoms with van der Waals surface area (Å²) < 4.78 is 0.